The smallest absolute Gasteiger partial charge is 0.256 e. The molecule has 2 heterocycles. The lowest BCUT2D eigenvalue weighted by Crippen LogP contribution is -2.18. The van der Waals surface area contributed by atoms with Gasteiger partial charge in [0, 0.05) is 12.1 Å². The maximum absolute atomic E-state index is 14.3. The van der Waals surface area contributed by atoms with Gasteiger partial charge < -0.3 is 9.88 Å². The van der Waals surface area contributed by atoms with Gasteiger partial charge in [0.15, 0.2) is 5.65 Å². The second kappa shape index (κ2) is 10.4. The summed E-state index contributed by atoms with van der Waals surface area (Å²) in [5, 5.41) is 2.93. The molecule has 40 heavy (non-hydrogen) atoms. The Morgan fingerprint density at radius 2 is 1.38 bits per heavy atom. The van der Waals surface area contributed by atoms with Gasteiger partial charge >= 0.3 is 0 Å². The summed E-state index contributed by atoms with van der Waals surface area (Å²) < 4.78 is 30.3. The number of carbonyl (C=O) groups excluding carboxylic acids is 1. The maximum atomic E-state index is 14.3. The summed E-state index contributed by atoms with van der Waals surface area (Å²) >= 11 is 0. The average molecular weight is 547 g/mol. The van der Waals surface area contributed by atoms with E-state index in [0.717, 1.165) is 11.1 Å². The molecule has 4 aromatic carbocycles. The Bertz CT molecular complexity index is 1950. The lowest BCUT2D eigenvalue weighted by molar-refractivity contribution is 0.102. The van der Waals surface area contributed by atoms with Crippen LogP contribution in [0.3, 0.4) is 0 Å². The topological polar surface area (TPSA) is 94.0 Å². The standard InChI is InChI=1S/C32H26N4O3S/c1-22-16-18-25(19-17-22)40(38,39)29-28-30(34-27-15-9-8-14-26(27)33-28)36(21-20-23-10-4-2-5-11-23)31(29)35-32(37)24-12-6-3-7-13-24/h2-19H,20-21H2,1H3,(H,35,37). The summed E-state index contributed by atoms with van der Waals surface area (Å²) in [7, 11) is -4.11. The zero-order valence-corrected chi connectivity index (χ0v) is 22.6. The van der Waals surface area contributed by atoms with Crippen molar-refractivity contribution in [2.45, 2.75) is 29.7 Å². The number of anilines is 1. The van der Waals surface area contributed by atoms with Gasteiger partial charge in [-0.05, 0) is 55.3 Å². The summed E-state index contributed by atoms with van der Waals surface area (Å²) in [4.78, 5) is 23.1. The molecule has 0 aliphatic heterocycles. The molecule has 0 spiro atoms. The van der Waals surface area contributed by atoms with Crippen molar-refractivity contribution in [3.63, 3.8) is 0 Å². The Kier molecular flexibility index (Phi) is 6.61. The molecule has 0 fully saturated rings. The molecule has 0 aliphatic rings. The van der Waals surface area contributed by atoms with E-state index in [4.69, 9.17) is 9.97 Å². The molecular formula is C32H26N4O3S. The third-order valence-electron chi connectivity index (χ3n) is 6.84. The van der Waals surface area contributed by atoms with E-state index in [2.05, 4.69) is 5.32 Å². The van der Waals surface area contributed by atoms with Crippen LogP contribution in [0.5, 0.6) is 0 Å². The maximum Gasteiger partial charge on any atom is 0.256 e. The van der Waals surface area contributed by atoms with Crippen LogP contribution in [0.15, 0.2) is 119 Å². The SMILES string of the molecule is Cc1ccc(S(=O)(=O)c2c(NC(=O)c3ccccc3)n(CCc3ccccc3)c3nc4ccccc4nc23)cc1. The third kappa shape index (κ3) is 4.74. The molecule has 0 aliphatic carbocycles. The van der Waals surface area contributed by atoms with Gasteiger partial charge in [-0.25, -0.2) is 18.4 Å². The van der Waals surface area contributed by atoms with Crippen LogP contribution in [0, 0.1) is 6.92 Å². The van der Waals surface area contributed by atoms with Crippen molar-refractivity contribution < 1.29 is 13.2 Å². The molecule has 6 rings (SSSR count). The first-order valence-electron chi connectivity index (χ1n) is 12.9. The predicted octanol–water partition coefficient (Wildman–Crippen LogP) is 6.22. The van der Waals surface area contributed by atoms with Gasteiger partial charge in [-0.3, -0.25) is 4.79 Å². The number of carbonyl (C=O) groups is 1. The van der Waals surface area contributed by atoms with E-state index in [1.165, 1.54) is 0 Å². The van der Waals surface area contributed by atoms with Crippen LogP contribution in [-0.2, 0) is 22.8 Å². The Morgan fingerprint density at radius 3 is 2.05 bits per heavy atom. The number of nitrogens with one attached hydrogen (secondary N) is 1. The lowest BCUT2D eigenvalue weighted by Gasteiger charge is -2.14. The number of amides is 1. The molecule has 8 heteroatoms. The minimum atomic E-state index is -4.11. The number of nitrogens with zero attached hydrogens (tertiary/aromatic N) is 3. The average Bonchev–Trinajstić information content (AvgIpc) is 3.28. The van der Waals surface area contributed by atoms with Crippen LogP contribution in [0.25, 0.3) is 22.2 Å². The van der Waals surface area contributed by atoms with Crippen molar-refractivity contribution in [2.24, 2.45) is 0 Å². The van der Waals surface area contributed by atoms with Crippen molar-refractivity contribution >= 4 is 43.8 Å². The Hall–Kier alpha value is -4.82. The van der Waals surface area contributed by atoms with E-state index in [-0.39, 0.29) is 21.1 Å². The summed E-state index contributed by atoms with van der Waals surface area (Å²) in [6, 6.07) is 32.6. The zero-order valence-electron chi connectivity index (χ0n) is 21.8. The van der Waals surface area contributed by atoms with Crippen molar-refractivity contribution in [3.05, 3.63) is 126 Å². The molecule has 0 unspecified atom stereocenters. The molecule has 1 amide bonds. The normalized spacial score (nSPS) is 11.6. The first kappa shape index (κ1) is 25.5. The van der Waals surface area contributed by atoms with Gasteiger partial charge in [-0.15, -0.1) is 0 Å². The van der Waals surface area contributed by atoms with Crippen LogP contribution >= 0.6 is 0 Å². The van der Waals surface area contributed by atoms with Crippen LogP contribution in [0.4, 0.5) is 5.82 Å². The fourth-order valence-corrected chi connectivity index (χ4v) is 6.30. The summed E-state index contributed by atoms with van der Waals surface area (Å²) in [5.74, 6) is -0.273. The molecule has 2 aromatic heterocycles. The Balaban J connectivity index is 1.62. The van der Waals surface area contributed by atoms with Crippen molar-refractivity contribution in [2.75, 3.05) is 5.32 Å². The first-order chi connectivity index (χ1) is 19.4. The number of para-hydroxylation sites is 2. The molecule has 1 N–H and O–H groups in total. The van der Waals surface area contributed by atoms with Crippen molar-refractivity contribution in [3.8, 4) is 0 Å². The molecule has 198 valence electrons. The van der Waals surface area contributed by atoms with Crippen molar-refractivity contribution in [1.29, 1.82) is 0 Å². The second-order valence-corrected chi connectivity index (χ2v) is 11.5. The molecule has 7 nitrogen and oxygen atoms in total. The van der Waals surface area contributed by atoms with E-state index < -0.39 is 15.7 Å². The quantitative estimate of drug-likeness (QED) is 0.257. The van der Waals surface area contributed by atoms with E-state index in [9.17, 15) is 13.2 Å². The number of rotatable bonds is 7. The van der Waals surface area contributed by atoms with Gasteiger partial charge in [-0.2, -0.15) is 0 Å². The highest BCUT2D eigenvalue weighted by molar-refractivity contribution is 7.92. The van der Waals surface area contributed by atoms with E-state index in [0.29, 0.717) is 35.2 Å². The van der Waals surface area contributed by atoms with Crippen LogP contribution in [0.1, 0.15) is 21.5 Å². The highest BCUT2D eigenvalue weighted by atomic mass is 32.2. The number of aryl methyl sites for hydroxylation is 3. The summed E-state index contributed by atoms with van der Waals surface area (Å²) in [5.41, 5.74) is 4.23. The number of aromatic nitrogens is 3. The fraction of sp³-hybridized carbons (Fsp3) is 0.0938. The number of hydrogen-bond acceptors (Lipinski definition) is 5. The predicted molar refractivity (Wildman–Crippen MR) is 156 cm³/mol. The lowest BCUT2D eigenvalue weighted by atomic mass is 10.1. The van der Waals surface area contributed by atoms with Crippen LogP contribution < -0.4 is 5.32 Å². The molecule has 0 saturated heterocycles. The first-order valence-corrected chi connectivity index (χ1v) is 14.4. The van der Waals surface area contributed by atoms with Gasteiger partial charge in [0.05, 0.1) is 15.9 Å². The molecule has 0 atom stereocenters. The second-order valence-electron chi connectivity index (χ2n) is 9.59. The summed E-state index contributed by atoms with van der Waals surface area (Å²) in [6.07, 6.45) is 0.595. The largest absolute Gasteiger partial charge is 0.309 e. The molecule has 6 aromatic rings. The van der Waals surface area contributed by atoms with Gasteiger partial charge in [0.25, 0.3) is 5.91 Å². The number of sulfone groups is 1. The van der Waals surface area contributed by atoms with Gasteiger partial charge in [0.1, 0.15) is 16.2 Å². The Morgan fingerprint density at radius 1 is 0.775 bits per heavy atom. The van der Waals surface area contributed by atoms with E-state index in [1.54, 1.807) is 59.2 Å². The van der Waals surface area contributed by atoms with E-state index >= 15 is 0 Å². The minimum Gasteiger partial charge on any atom is -0.309 e. The highest BCUT2D eigenvalue weighted by Gasteiger charge is 2.32. The molecule has 0 radical (unpaired) electrons. The fourth-order valence-electron chi connectivity index (χ4n) is 4.76. The highest BCUT2D eigenvalue weighted by Crippen LogP contribution is 2.37. The number of fused-ring (bicyclic) bond motifs is 2. The monoisotopic (exact) mass is 546 g/mol. The molecule has 0 saturated carbocycles. The molecule has 0 bridgehead atoms. The van der Waals surface area contributed by atoms with E-state index in [1.807, 2.05) is 61.5 Å². The summed E-state index contributed by atoms with van der Waals surface area (Å²) in [6.45, 7) is 2.27. The number of hydrogen-bond donors (Lipinski definition) is 1. The van der Waals surface area contributed by atoms with Gasteiger partial charge in [-0.1, -0.05) is 78.4 Å². The number of benzene rings is 4. The van der Waals surface area contributed by atoms with Crippen molar-refractivity contribution in [1.82, 2.24) is 14.5 Å². The third-order valence-corrected chi connectivity index (χ3v) is 8.66. The minimum absolute atomic E-state index is 0.0676. The van der Waals surface area contributed by atoms with Crippen LogP contribution in [0.2, 0.25) is 0 Å². The zero-order chi connectivity index (χ0) is 27.7. The van der Waals surface area contributed by atoms with Gasteiger partial charge in [0.2, 0.25) is 9.84 Å². The van der Waals surface area contributed by atoms with Crippen LogP contribution in [-0.4, -0.2) is 28.9 Å². The molecular weight excluding hydrogens is 520 g/mol. The Labute approximate surface area is 232 Å².